The summed E-state index contributed by atoms with van der Waals surface area (Å²) in [6.07, 6.45) is 0.653. The van der Waals surface area contributed by atoms with Crippen LogP contribution in [0.2, 0.25) is 0 Å². The summed E-state index contributed by atoms with van der Waals surface area (Å²) in [5.41, 5.74) is 0.303. The van der Waals surface area contributed by atoms with Crippen molar-refractivity contribution >= 4 is 21.2 Å². The van der Waals surface area contributed by atoms with Crippen molar-refractivity contribution in [2.24, 2.45) is 0 Å². The highest BCUT2D eigenvalue weighted by atomic mass is 32.2. The van der Waals surface area contributed by atoms with Gasteiger partial charge in [-0.2, -0.15) is 8.78 Å². The Morgan fingerprint density at radius 1 is 1.15 bits per heavy atom. The largest absolute Gasteiger partial charge is 0.376 e. The smallest absolute Gasteiger partial charge is 0.341 e. The van der Waals surface area contributed by atoms with Gasteiger partial charge < -0.3 is 5.32 Å². The number of hydrogen-bond donors (Lipinski definition) is 1. The molecule has 1 N–H and O–H groups in total. The minimum Gasteiger partial charge on any atom is -0.376 e. The van der Waals surface area contributed by atoms with E-state index < -0.39 is 31.1 Å². The lowest BCUT2D eigenvalue weighted by molar-refractivity contribution is -0.384. The molecule has 3 rings (SSSR count). The molecule has 0 radical (unpaired) electrons. The van der Waals surface area contributed by atoms with E-state index in [1.807, 2.05) is 0 Å². The summed E-state index contributed by atoms with van der Waals surface area (Å²) in [5, 5.41) is 14.1. The van der Waals surface area contributed by atoms with Gasteiger partial charge in [-0.15, -0.1) is 0 Å². The third kappa shape index (κ3) is 3.50. The van der Waals surface area contributed by atoms with Crippen molar-refractivity contribution in [2.45, 2.75) is 29.0 Å². The number of anilines is 1. The third-order valence-electron chi connectivity index (χ3n) is 4.16. The van der Waals surface area contributed by atoms with Crippen molar-refractivity contribution in [1.29, 1.82) is 0 Å². The number of nitrogens with one attached hydrogen (secondary N) is 1. The van der Waals surface area contributed by atoms with Crippen LogP contribution in [0, 0.1) is 15.9 Å². The molecule has 0 amide bonds. The van der Waals surface area contributed by atoms with Gasteiger partial charge in [0.15, 0.2) is 0 Å². The fourth-order valence-electron chi connectivity index (χ4n) is 2.70. The predicted molar refractivity (Wildman–Crippen MR) is 87.5 cm³/mol. The van der Waals surface area contributed by atoms with Gasteiger partial charge in [0.25, 0.3) is 5.69 Å². The zero-order valence-electron chi connectivity index (χ0n) is 13.1. The van der Waals surface area contributed by atoms with E-state index in [1.165, 1.54) is 12.1 Å². The number of hydrogen-bond acceptors (Lipinski definition) is 5. The van der Waals surface area contributed by atoms with Gasteiger partial charge in [-0.05, 0) is 36.2 Å². The zero-order valence-corrected chi connectivity index (χ0v) is 13.9. The maximum absolute atomic E-state index is 13.0. The third-order valence-corrected chi connectivity index (χ3v) is 5.54. The van der Waals surface area contributed by atoms with Crippen LogP contribution in [-0.4, -0.2) is 25.1 Å². The van der Waals surface area contributed by atoms with Gasteiger partial charge in [-0.1, -0.05) is 12.1 Å². The van der Waals surface area contributed by atoms with Gasteiger partial charge >= 0.3 is 5.76 Å². The van der Waals surface area contributed by atoms with Crippen LogP contribution >= 0.6 is 0 Å². The van der Waals surface area contributed by atoms with Crippen LogP contribution in [0.3, 0.4) is 0 Å². The Kier molecular flexibility index (Phi) is 4.61. The molecular weight excluding hydrogens is 373 g/mol. The predicted octanol–water partition coefficient (Wildman–Crippen LogP) is 3.70. The van der Waals surface area contributed by atoms with Crippen molar-refractivity contribution in [1.82, 2.24) is 0 Å². The second-order valence-electron chi connectivity index (χ2n) is 5.89. The molecule has 2 aromatic carbocycles. The number of nitro benzene ring substituents is 1. The van der Waals surface area contributed by atoms with Crippen LogP contribution in [-0.2, 0) is 9.84 Å². The summed E-state index contributed by atoms with van der Waals surface area (Å²) in [6.45, 7) is 0. The lowest BCUT2D eigenvalue weighted by Gasteiger charge is -2.09. The van der Waals surface area contributed by atoms with Crippen molar-refractivity contribution in [3.8, 4) is 0 Å². The molecule has 1 aliphatic carbocycles. The Balaban J connectivity index is 1.83. The summed E-state index contributed by atoms with van der Waals surface area (Å²) in [7, 11) is -4.92. The van der Waals surface area contributed by atoms with Crippen molar-refractivity contribution in [3.63, 3.8) is 0 Å². The number of sulfone groups is 1. The van der Waals surface area contributed by atoms with Crippen molar-refractivity contribution < 1.29 is 26.5 Å². The summed E-state index contributed by atoms with van der Waals surface area (Å²) in [4.78, 5) is 9.56. The minimum atomic E-state index is -4.92. The normalized spacial score (nSPS) is 19.4. The molecule has 0 unspecified atom stereocenters. The molecule has 1 saturated carbocycles. The highest BCUT2D eigenvalue weighted by Gasteiger charge is 2.39. The molecule has 26 heavy (non-hydrogen) atoms. The van der Waals surface area contributed by atoms with Crippen LogP contribution in [0.25, 0.3) is 0 Å². The quantitative estimate of drug-likeness (QED) is 0.604. The van der Waals surface area contributed by atoms with Gasteiger partial charge in [0.1, 0.15) is 11.5 Å². The number of rotatable bonds is 6. The lowest BCUT2D eigenvalue weighted by atomic mass is 10.1. The van der Waals surface area contributed by atoms with E-state index in [0.717, 1.165) is 17.7 Å². The average Bonchev–Trinajstić information content (AvgIpc) is 3.34. The Labute approximate surface area is 146 Å². The van der Waals surface area contributed by atoms with Crippen LogP contribution in [0.4, 0.5) is 24.5 Å². The molecule has 0 bridgehead atoms. The fraction of sp³-hybridized carbons (Fsp3) is 0.250. The second kappa shape index (κ2) is 6.60. The maximum Gasteiger partial charge on any atom is 0.341 e. The summed E-state index contributed by atoms with van der Waals surface area (Å²) in [5.74, 6) is -4.00. The SMILES string of the molecule is O=[N+]([O-])c1cc(S(=O)(=O)C(F)F)ccc1N[C@@H]1C[C@H]1c1ccc(F)cc1. The Morgan fingerprint density at radius 3 is 2.38 bits per heavy atom. The number of benzene rings is 2. The maximum atomic E-state index is 13.0. The van der Waals surface area contributed by atoms with Gasteiger partial charge in [-0.25, -0.2) is 12.8 Å². The molecule has 1 fully saturated rings. The Morgan fingerprint density at radius 2 is 1.81 bits per heavy atom. The number of halogens is 3. The molecule has 2 aromatic rings. The standard InChI is InChI=1S/C16H13F3N2O4S/c17-10-3-1-9(2-4-10)12-8-14(12)20-13-6-5-11(7-15(13)21(22)23)26(24,25)16(18)19/h1-7,12,14,16,20H,8H2/t12-,14+/m0/s1. The van der Waals surface area contributed by atoms with E-state index in [4.69, 9.17) is 0 Å². The molecule has 10 heteroatoms. The van der Waals surface area contributed by atoms with E-state index in [-0.39, 0.29) is 23.5 Å². The van der Waals surface area contributed by atoms with Crippen LogP contribution in [0.5, 0.6) is 0 Å². The van der Waals surface area contributed by atoms with Gasteiger partial charge in [-0.3, -0.25) is 10.1 Å². The molecule has 1 aliphatic rings. The Hall–Kier alpha value is -2.62. The summed E-state index contributed by atoms with van der Waals surface area (Å²) >= 11 is 0. The molecule has 0 heterocycles. The van der Waals surface area contributed by atoms with E-state index in [0.29, 0.717) is 12.5 Å². The molecule has 0 aromatic heterocycles. The van der Waals surface area contributed by atoms with Gasteiger partial charge in [0, 0.05) is 18.0 Å². The van der Waals surface area contributed by atoms with Crippen molar-refractivity contribution in [3.05, 3.63) is 64.0 Å². The van der Waals surface area contributed by atoms with E-state index in [9.17, 15) is 31.7 Å². The number of nitro groups is 1. The molecule has 138 valence electrons. The van der Waals surface area contributed by atoms with E-state index in [2.05, 4.69) is 5.32 Å². The molecule has 6 nitrogen and oxygen atoms in total. The lowest BCUT2D eigenvalue weighted by Crippen LogP contribution is -2.13. The number of alkyl halides is 2. The highest BCUT2D eigenvalue weighted by molar-refractivity contribution is 7.91. The first-order chi connectivity index (χ1) is 12.2. The van der Waals surface area contributed by atoms with Gasteiger partial charge in [0.2, 0.25) is 9.84 Å². The first kappa shape index (κ1) is 18.2. The van der Waals surface area contributed by atoms with E-state index >= 15 is 0 Å². The first-order valence-corrected chi connectivity index (χ1v) is 9.07. The number of nitrogens with zero attached hydrogens (tertiary/aromatic N) is 1. The second-order valence-corrected chi connectivity index (χ2v) is 7.80. The molecule has 0 spiro atoms. The van der Waals surface area contributed by atoms with Gasteiger partial charge in [0.05, 0.1) is 9.82 Å². The molecule has 0 saturated heterocycles. The Bertz CT molecular complexity index is 948. The van der Waals surface area contributed by atoms with Crippen LogP contribution in [0.1, 0.15) is 17.9 Å². The topological polar surface area (TPSA) is 89.3 Å². The van der Waals surface area contributed by atoms with Crippen LogP contribution < -0.4 is 5.32 Å². The van der Waals surface area contributed by atoms with E-state index in [1.54, 1.807) is 12.1 Å². The summed E-state index contributed by atoms with van der Waals surface area (Å²) < 4.78 is 61.2. The summed E-state index contributed by atoms with van der Waals surface area (Å²) in [6, 6.07) is 8.35. The molecule has 2 atom stereocenters. The van der Waals surface area contributed by atoms with Crippen molar-refractivity contribution in [2.75, 3.05) is 5.32 Å². The zero-order chi connectivity index (χ0) is 19.1. The highest BCUT2D eigenvalue weighted by Crippen LogP contribution is 2.44. The minimum absolute atomic E-state index is 0.0275. The van der Waals surface area contributed by atoms with Crippen LogP contribution in [0.15, 0.2) is 47.4 Å². The monoisotopic (exact) mass is 386 g/mol. The first-order valence-electron chi connectivity index (χ1n) is 7.52. The molecule has 0 aliphatic heterocycles. The molecular formula is C16H13F3N2O4S. The fourth-order valence-corrected chi connectivity index (χ4v) is 3.44. The average molecular weight is 386 g/mol.